The molecule has 0 aromatic heterocycles. The molecule has 116 valence electrons. The highest BCUT2D eigenvalue weighted by Crippen LogP contribution is 2.36. The number of Topliss-reactive ketones (excluding diaryl/α,β-unsaturated/α-hetero) is 1. The summed E-state index contributed by atoms with van der Waals surface area (Å²) in [6.45, 7) is 7.28. The van der Waals surface area contributed by atoms with Gasteiger partial charge in [-0.3, -0.25) is 9.59 Å². The molecule has 1 aliphatic carbocycles. The van der Waals surface area contributed by atoms with Crippen molar-refractivity contribution in [2.45, 2.75) is 33.1 Å². The minimum atomic E-state index is -0.867. The Labute approximate surface area is 124 Å². The minimum absolute atomic E-state index is 0.0382. The number of ether oxygens (including phenoxy) is 2. The second kappa shape index (κ2) is 7.61. The summed E-state index contributed by atoms with van der Waals surface area (Å²) in [4.78, 5) is 33.3. The molecular formula is C15H21NO5. The zero-order valence-corrected chi connectivity index (χ0v) is 12.4. The van der Waals surface area contributed by atoms with Gasteiger partial charge in [0, 0.05) is 18.4 Å². The van der Waals surface area contributed by atoms with E-state index in [2.05, 4.69) is 6.58 Å². The van der Waals surface area contributed by atoms with Gasteiger partial charge in [-0.25, -0.2) is 4.79 Å². The molecule has 1 aliphatic rings. The van der Waals surface area contributed by atoms with Crippen molar-refractivity contribution < 1.29 is 23.9 Å². The molecule has 0 heterocycles. The highest BCUT2D eigenvalue weighted by Gasteiger charge is 2.33. The summed E-state index contributed by atoms with van der Waals surface area (Å²) in [5.74, 6) is -0.690. The van der Waals surface area contributed by atoms with Gasteiger partial charge in [0.25, 0.3) is 0 Å². The minimum Gasteiger partial charge on any atom is -0.466 e. The molecule has 0 saturated heterocycles. The monoisotopic (exact) mass is 295 g/mol. The normalized spacial score (nSPS) is 18.1. The van der Waals surface area contributed by atoms with Crippen LogP contribution in [0.4, 0.5) is 4.79 Å². The molecule has 6 heteroatoms. The van der Waals surface area contributed by atoms with Crippen LogP contribution in [-0.4, -0.2) is 31.1 Å². The zero-order chi connectivity index (χ0) is 16.0. The van der Waals surface area contributed by atoms with E-state index in [-0.39, 0.29) is 24.3 Å². The van der Waals surface area contributed by atoms with Crippen molar-refractivity contribution in [2.75, 3.05) is 13.2 Å². The van der Waals surface area contributed by atoms with E-state index < -0.39 is 6.09 Å². The second-order valence-electron chi connectivity index (χ2n) is 4.98. The van der Waals surface area contributed by atoms with E-state index in [0.717, 1.165) is 12.0 Å². The van der Waals surface area contributed by atoms with Gasteiger partial charge in [-0.15, -0.1) is 0 Å². The van der Waals surface area contributed by atoms with Gasteiger partial charge >= 0.3 is 12.1 Å². The van der Waals surface area contributed by atoms with Crippen molar-refractivity contribution in [3.8, 4) is 0 Å². The number of carbonyl (C=O) groups is 3. The third kappa shape index (κ3) is 4.73. The van der Waals surface area contributed by atoms with E-state index in [1.54, 1.807) is 6.92 Å². The summed E-state index contributed by atoms with van der Waals surface area (Å²) in [7, 11) is 0. The molecule has 21 heavy (non-hydrogen) atoms. The number of rotatable bonds is 7. The van der Waals surface area contributed by atoms with Crippen LogP contribution in [0.2, 0.25) is 0 Å². The molecule has 0 bridgehead atoms. The van der Waals surface area contributed by atoms with E-state index in [4.69, 9.17) is 15.2 Å². The average molecular weight is 295 g/mol. The molecule has 1 amide bonds. The summed E-state index contributed by atoms with van der Waals surface area (Å²) < 4.78 is 9.66. The number of hydrogen-bond acceptors (Lipinski definition) is 5. The quantitative estimate of drug-likeness (QED) is 0.439. The largest absolute Gasteiger partial charge is 0.466 e. The predicted molar refractivity (Wildman–Crippen MR) is 76.4 cm³/mol. The van der Waals surface area contributed by atoms with Crippen LogP contribution < -0.4 is 5.73 Å². The third-order valence-corrected chi connectivity index (χ3v) is 3.49. The highest BCUT2D eigenvalue weighted by molar-refractivity contribution is 6.11. The molecule has 0 spiro atoms. The summed E-state index contributed by atoms with van der Waals surface area (Å²) in [6.07, 6.45) is 1.28. The van der Waals surface area contributed by atoms with E-state index in [1.807, 2.05) is 0 Å². The lowest BCUT2D eigenvalue weighted by atomic mass is 9.94. The van der Waals surface area contributed by atoms with E-state index >= 15 is 0 Å². The molecule has 0 aromatic carbocycles. The van der Waals surface area contributed by atoms with Crippen molar-refractivity contribution in [3.63, 3.8) is 0 Å². The number of unbranched alkanes of at least 4 members (excludes halogenated alkanes) is 1. The standard InChI is InChI=1S/C15H21NO5/c1-9-12(6-4-5-7-20-11(3)17)13(8-21-15(16)19)10(2)14(9)18/h13H,2,4-8H2,1,3H3,(H2,16,19). The van der Waals surface area contributed by atoms with E-state index in [1.165, 1.54) is 6.92 Å². The number of amides is 1. The second-order valence-corrected chi connectivity index (χ2v) is 4.98. The van der Waals surface area contributed by atoms with Crippen LogP contribution in [-0.2, 0) is 19.1 Å². The first-order chi connectivity index (χ1) is 9.84. The lowest BCUT2D eigenvalue weighted by Gasteiger charge is -2.15. The smallest absolute Gasteiger partial charge is 0.404 e. The van der Waals surface area contributed by atoms with Crippen molar-refractivity contribution >= 4 is 17.8 Å². The molecule has 1 rings (SSSR count). The van der Waals surface area contributed by atoms with Gasteiger partial charge in [0.1, 0.15) is 6.61 Å². The molecule has 2 N–H and O–H groups in total. The van der Waals surface area contributed by atoms with Crippen LogP contribution in [0.15, 0.2) is 23.3 Å². The van der Waals surface area contributed by atoms with Crippen molar-refractivity contribution in [3.05, 3.63) is 23.3 Å². The van der Waals surface area contributed by atoms with Crippen molar-refractivity contribution in [1.29, 1.82) is 0 Å². The number of hydrogen-bond donors (Lipinski definition) is 1. The lowest BCUT2D eigenvalue weighted by molar-refractivity contribution is -0.141. The van der Waals surface area contributed by atoms with Crippen LogP contribution in [0, 0.1) is 5.92 Å². The maximum Gasteiger partial charge on any atom is 0.404 e. The van der Waals surface area contributed by atoms with Gasteiger partial charge in [0.05, 0.1) is 6.61 Å². The summed E-state index contributed by atoms with van der Waals surface area (Å²) in [6, 6.07) is 0. The molecule has 1 unspecified atom stereocenters. The fraction of sp³-hybridized carbons (Fsp3) is 0.533. The SMILES string of the molecule is C=C1C(=O)C(C)=C(CCCCOC(C)=O)C1COC(N)=O. The topological polar surface area (TPSA) is 95.7 Å². The van der Waals surface area contributed by atoms with Crippen LogP contribution in [0.3, 0.4) is 0 Å². The molecule has 6 nitrogen and oxygen atoms in total. The fourth-order valence-corrected chi connectivity index (χ4v) is 2.38. The number of esters is 1. The Morgan fingerprint density at radius 2 is 1.95 bits per heavy atom. The van der Waals surface area contributed by atoms with Gasteiger partial charge in [-0.2, -0.15) is 0 Å². The Morgan fingerprint density at radius 3 is 2.52 bits per heavy atom. The van der Waals surface area contributed by atoms with Crippen molar-refractivity contribution in [1.82, 2.24) is 0 Å². The number of primary amides is 1. The van der Waals surface area contributed by atoms with E-state index in [9.17, 15) is 14.4 Å². The third-order valence-electron chi connectivity index (χ3n) is 3.49. The number of carbonyl (C=O) groups excluding carboxylic acids is 3. The van der Waals surface area contributed by atoms with Crippen LogP contribution in [0.25, 0.3) is 0 Å². The molecule has 0 aromatic rings. The zero-order valence-electron chi connectivity index (χ0n) is 12.4. The highest BCUT2D eigenvalue weighted by atomic mass is 16.5. The Bertz CT molecular complexity index is 492. The molecule has 0 fully saturated rings. The lowest BCUT2D eigenvalue weighted by Crippen LogP contribution is -2.20. The first-order valence-corrected chi connectivity index (χ1v) is 6.83. The van der Waals surface area contributed by atoms with E-state index in [0.29, 0.717) is 30.6 Å². The molecule has 0 radical (unpaired) electrons. The van der Waals surface area contributed by atoms with Gasteiger partial charge in [-0.05, 0) is 31.8 Å². The molecule has 0 aliphatic heterocycles. The Morgan fingerprint density at radius 1 is 1.29 bits per heavy atom. The van der Waals surface area contributed by atoms with Crippen molar-refractivity contribution in [2.24, 2.45) is 11.7 Å². The van der Waals surface area contributed by atoms with Gasteiger partial charge < -0.3 is 15.2 Å². The fourth-order valence-electron chi connectivity index (χ4n) is 2.38. The Hall–Kier alpha value is -2.11. The molecule has 0 saturated carbocycles. The maximum atomic E-state index is 12.0. The Balaban J connectivity index is 2.57. The van der Waals surface area contributed by atoms with Crippen LogP contribution in [0.5, 0.6) is 0 Å². The van der Waals surface area contributed by atoms with Crippen LogP contribution in [0.1, 0.15) is 33.1 Å². The summed E-state index contributed by atoms with van der Waals surface area (Å²) in [5, 5.41) is 0. The number of nitrogens with two attached hydrogens (primary N) is 1. The van der Waals surface area contributed by atoms with Crippen LogP contribution >= 0.6 is 0 Å². The predicted octanol–water partition coefficient (Wildman–Crippen LogP) is 1.89. The van der Waals surface area contributed by atoms with Gasteiger partial charge in [0.2, 0.25) is 0 Å². The average Bonchev–Trinajstić information content (AvgIpc) is 2.60. The summed E-state index contributed by atoms with van der Waals surface area (Å²) in [5.41, 5.74) is 6.98. The summed E-state index contributed by atoms with van der Waals surface area (Å²) >= 11 is 0. The number of allylic oxidation sites excluding steroid dienone is 1. The first-order valence-electron chi connectivity index (χ1n) is 6.83. The van der Waals surface area contributed by atoms with Gasteiger partial charge in [-0.1, -0.05) is 12.2 Å². The maximum absolute atomic E-state index is 12.0. The number of ketones is 1. The first kappa shape index (κ1) is 16.9. The molecular weight excluding hydrogens is 274 g/mol. The molecule has 1 atom stereocenters. The van der Waals surface area contributed by atoms with Gasteiger partial charge in [0.15, 0.2) is 5.78 Å². The Kier molecular flexibility index (Phi) is 6.14.